The van der Waals surface area contributed by atoms with Crippen molar-refractivity contribution >= 4 is 17.7 Å². The highest BCUT2D eigenvalue weighted by atomic mass is 32.2. The van der Waals surface area contributed by atoms with Gasteiger partial charge >= 0.3 is 0 Å². The number of likely N-dealkylation sites (tertiary alicyclic amines) is 1. The van der Waals surface area contributed by atoms with Gasteiger partial charge in [0.15, 0.2) is 11.5 Å². The second kappa shape index (κ2) is 8.17. The number of nitrogens with zero attached hydrogens (tertiary/aromatic N) is 1. The van der Waals surface area contributed by atoms with E-state index in [1.807, 2.05) is 35.4 Å². The summed E-state index contributed by atoms with van der Waals surface area (Å²) in [7, 11) is 1.65. The van der Waals surface area contributed by atoms with Crippen molar-refractivity contribution in [2.75, 3.05) is 32.2 Å². The molecule has 0 N–H and O–H groups in total. The number of thioether (sulfide) groups is 1. The third kappa shape index (κ3) is 4.56. The molecule has 1 aliphatic heterocycles. The zero-order valence-corrected chi connectivity index (χ0v) is 13.5. The standard InChI is InChI=1S/C16H23NO3S/c1-19-14-5-3-4-6-15(14)20-13-7-10-17(11-8-13)16(18)9-12-21-2/h3-6,13H,7-12H2,1-2H3. The normalized spacial score (nSPS) is 15.8. The number of carbonyl (C=O) groups excluding carboxylic acids is 1. The Hall–Kier alpha value is -1.36. The van der Waals surface area contributed by atoms with Crippen molar-refractivity contribution in [2.45, 2.75) is 25.4 Å². The number of methoxy groups -OCH3 is 1. The monoisotopic (exact) mass is 309 g/mol. The summed E-state index contributed by atoms with van der Waals surface area (Å²) in [6.45, 7) is 1.57. The molecular formula is C16H23NO3S. The summed E-state index contributed by atoms with van der Waals surface area (Å²) >= 11 is 1.71. The molecule has 1 saturated heterocycles. The fraction of sp³-hybridized carbons (Fsp3) is 0.562. The van der Waals surface area contributed by atoms with Crippen LogP contribution in [0.5, 0.6) is 11.5 Å². The van der Waals surface area contributed by atoms with E-state index in [-0.39, 0.29) is 12.0 Å². The molecule has 0 atom stereocenters. The van der Waals surface area contributed by atoms with Crippen LogP contribution in [-0.2, 0) is 4.79 Å². The third-order valence-electron chi connectivity index (χ3n) is 3.68. The highest BCUT2D eigenvalue weighted by Gasteiger charge is 2.24. The van der Waals surface area contributed by atoms with Crippen molar-refractivity contribution in [3.63, 3.8) is 0 Å². The number of amides is 1. The number of hydrogen-bond acceptors (Lipinski definition) is 4. The van der Waals surface area contributed by atoms with Crippen molar-refractivity contribution in [3.8, 4) is 11.5 Å². The molecule has 0 saturated carbocycles. The predicted octanol–water partition coefficient (Wildman–Crippen LogP) is 2.82. The lowest BCUT2D eigenvalue weighted by Gasteiger charge is -2.32. The van der Waals surface area contributed by atoms with Gasteiger partial charge in [0.2, 0.25) is 5.91 Å². The summed E-state index contributed by atoms with van der Waals surface area (Å²) in [6.07, 6.45) is 4.58. The molecule has 1 fully saturated rings. The Labute approximate surface area is 130 Å². The van der Waals surface area contributed by atoms with E-state index in [4.69, 9.17) is 9.47 Å². The number of carbonyl (C=O) groups is 1. The SMILES string of the molecule is COc1ccccc1OC1CCN(C(=O)CCSC)CC1. The first-order chi connectivity index (χ1) is 10.2. The Morgan fingerprint density at radius 3 is 2.57 bits per heavy atom. The van der Waals surface area contributed by atoms with Crippen molar-refractivity contribution in [1.29, 1.82) is 0 Å². The van der Waals surface area contributed by atoms with Gasteiger partial charge in [-0.15, -0.1) is 0 Å². The van der Waals surface area contributed by atoms with E-state index >= 15 is 0 Å². The van der Waals surface area contributed by atoms with Gasteiger partial charge in [-0.3, -0.25) is 4.79 Å². The fourth-order valence-electron chi connectivity index (χ4n) is 2.47. The van der Waals surface area contributed by atoms with Crippen LogP contribution in [0.1, 0.15) is 19.3 Å². The van der Waals surface area contributed by atoms with Gasteiger partial charge in [0.05, 0.1) is 7.11 Å². The lowest BCUT2D eigenvalue weighted by molar-refractivity contribution is -0.132. The highest BCUT2D eigenvalue weighted by molar-refractivity contribution is 7.98. The first-order valence-corrected chi connectivity index (χ1v) is 8.70. The fourth-order valence-corrected chi connectivity index (χ4v) is 2.85. The molecule has 1 amide bonds. The third-order valence-corrected chi connectivity index (χ3v) is 4.29. The van der Waals surface area contributed by atoms with Crippen LogP contribution in [-0.4, -0.2) is 49.1 Å². The van der Waals surface area contributed by atoms with Gasteiger partial charge < -0.3 is 14.4 Å². The van der Waals surface area contributed by atoms with Crippen molar-refractivity contribution < 1.29 is 14.3 Å². The average molecular weight is 309 g/mol. The molecule has 0 unspecified atom stereocenters. The van der Waals surface area contributed by atoms with Crippen LogP contribution in [0.2, 0.25) is 0 Å². The Morgan fingerprint density at radius 2 is 1.95 bits per heavy atom. The molecule has 5 heteroatoms. The van der Waals surface area contributed by atoms with Gasteiger partial charge in [-0.05, 0) is 18.4 Å². The second-order valence-corrected chi connectivity index (χ2v) is 6.08. The zero-order valence-electron chi connectivity index (χ0n) is 12.7. The van der Waals surface area contributed by atoms with Gasteiger partial charge in [0.25, 0.3) is 0 Å². The topological polar surface area (TPSA) is 38.8 Å². The first-order valence-electron chi connectivity index (χ1n) is 7.31. The predicted molar refractivity (Wildman–Crippen MR) is 86.2 cm³/mol. The van der Waals surface area contributed by atoms with E-state index in [1.54, 1.807) is 18.9 Å². The molecule has 0 spiro atoms. The van der Waals surface area contributed by atoms with Crippen LogP contribution in [0.25, 0.3) is 0 Å². The molecule has 1 heterocycles. The van der Waals surface area contributed by atoms with E-state index in [0.29, 0.717) is 6.42 Å². The lowest BCUT2D eigenvalue weighted by atomic mass is 10.1. The molecule has 0 aliphatic carbocycles. The quantitative estimate of drug-likeness (QED) is 0.810. The minimum Gasteiger partial charge on any atom is -0.493 e. The number of para-hydroxylation sites is 2. The maximum atomic E-state index is 12.0. The summed E-state index contributed by atoms with van der Waals surface area (Å²) in [5.41, 5.74) is 0. The van der Waals surface area contributed by atoms with E-state index in [2.05, 4.69) is 0 Å². The molecule has 116 valence electrons. The van der Waals surface area contributed by atoms with E-state index in [0.717, 1.165) is 43.2 Å². The number of ether oxygens (including phenoxy) is 2. The number of piperidine rings is 1. The maximum absolute atomic E-state index is 12.0. The van der Waals surface area contributed by atoms with Crippen LogP contribution in [0.3, 0.4) is 0 Å². The van der Waals surface area contributed by atoms with Crippen LogP contribution in [0.15, 0.2) is 24.3 Å². The zero-order chi connectivity index (χ0) is 15.1. The molecule has 0 aromatic heterocycles. The van der Waals surface area contributed by atoms with Gasteiger partial charge in [-0.1, -0.05) is 12.1 Å². The van der Waals surface area contributed by atoms with Gasteiger partial charge in [0, 0.05) is 38.1 Å². The minimum atomic E-state index is 0.158. The number of rotatable bonds is 6. The maximum Gasteiger partial charge on any atom is 0.223 e. The van der Waals surface area contributed by atoms with Crippen LogP contribution in [0.4, 0.5) is 0 Å². The summed E-state index contributed by atoms with van der Waals surface area (Å²) in [4.78, 5) is 13.9. The number of hydrogen-bond donors (Lipinski definition) is 0. The Bertz CT molecular complexity index is 459. The van der Waals surface area contributed by atoms with Crippen LogP contribution >= 0.6 is 11.8 Å². The summed E-state index contributed by atoms with van der Waals surface area (Å²) in [5.74, 6) is 2.71. The second-order valence-electron chi connectivity index (χ2n) is 5.09. The van der Waals surface area contributed by atoms with E-state index in [1.165, 1.54) is 0 Å². The van der Waals surface area contributed by atoms with Gasteiger partial charge in [-0.2, -0.15) is 11.8 Å². The summed E-state index contributed by atoms with van der Waals surface area (Å²) in [5, 5.41) is 0. The molecule has 0 radical (unpaired) electrons. The average Bonchev–Trinajstić information content (AvgIpc) is 2.54. The first kappa shape index (κ1) is 16.0. The molecule has 1 aromatic rings. The van der Waals surface area contributed by atoms with Gasteiger partial charge in [-0.25, -0.2) is 0 Å². The van der Waals surface area contributed by atoms with E-state index < -0.39 is 0 Å². The Balaban J connectivity index is 1.82. The summed E-state index contributed by atoms with van der Waals surface area (Å²) < 4.78 is 11.3. The Morgan fingerprint density at radius 1 is 1.29 bits per heavy atom. The van der Waals surface area contributed by atoms with E-state index in [9.17, 15) is 4.79 Å². The van der Waals surface area contributed by atoms with Crippen LogP contribution < -0.4 is 9.47 Å². The smallest absolute Gasteiger partial charge is 0.223 e. The highest BCUT2D eigenvalue weighted by Crippen LogP contribution is 2.29. The summed E-state index contributed by atoms with van der Waals surface area (Å²) in [6, 6.07) is 7.70. The molecule has 2 rings (SSSR count). The van der Waals surface area contributed by atoms with Crippen molar-refractivity contribution in [3.05, 3.63) is 24.3 Å². The minimum absolute atomic E-state index is 0.158. The molecule has 21 heavy (non-hydrogen) atoms. The number of benzene rings is 1. The molecule has 0 bridgehead atoms. The molecule has 1 aliphatic rings. The van der Waals surface area contributed by atoms with Crippen LogP contribution in [0, 0.1) is 0 Å². The Kier molecular flexibility index (Phi) is 6.23. The van der Waals surface area contributed by atoms with Crippen molar-refractivity contribution in [2.24, 2.45) is 0 Å². The van der Waals surface area contributed by atoms with Gasteiger partial charge in [0.1, 0.15) is 6.10 Å². The van der Waals surface area contributed by atoms with Crippen molar-refractivity contribution in [1.82, 2.24) is 4.90 Å². The molecule has 1 aromatic carbocycles. The lowest BCUT2D eigenvalue weighted by Crippen LogP contribution is -2.41. The molecular weight excluding hydrogens is 286 g/mol. The molecule has 4 nitrogen and oxygen atoms in total. The largest absolute Gasteiger partial charge is 0.493 e.